The molecule has 0 spiro atoms. The first-order valence-electron chi connectivity index (χ1n) is 17.5. The van der Waals surface area contributed by atoms with Gasteiger partial charge in [-0.25, -0.2) is 0 Å². The summed E-state index contributed by atoms with van der Waals surface area (Å²) in [6.45, 7) is 13.8. The molecule has 41 heavy (non-hydrogen) atoms. The summed E-state index contributed by atoms with van der Waals surface area (Å²) in [5, 5.41) is 0. The van der Waals surface area contributed by atoms with E-state index in [-0.39, 0.29) is 30.2 Å². The Morgan fingerprint density at radius 3 is 1.78 bits per heavy atom. The fraction of sp³-hybridized carbons (Fsp3) is 0.857. The van der Waals surface area contributed by atoms with Gasteiger partial charge in [0.05, 0.1) is 0 Å². The molecule has 1 unspecified atom stereocenters. The van der Waals surface area contributed by atoms with E-state index >= 15 is 0 Å². The molecule has 4 saturated carbocycles. The van der Waals surface area contributed by atoms with Crippen LogP contribution in [0.2, 0.25) is 13.1 Å². The third-order valence-corrected chi connectivity index (χ3v) is 22.4. The molecule has 235 valence electrons. The maximum Gasteiger partial charge on any atom is -1.00 e. The summed E-state index contributed by atoms with van der Waals surface area (Å²) in [7, 11) is 0. The quantitative estimate of drug-likeness (QED) is 0.185. The molecule has 4 bridgehead atoms. The summed E-state index contributed by atoms with van der Waals surface area (Å²) in [6.07, 6.45) is 25.3. The van der Waals surface area contributed by atoms with Crippen molar-refractivity contribution in [2.45, 2.75) is 163 Å². The molecular weight excluding hydrogens is 597 g/mol. The second-order valence-electron chi connectivity index (χ2n) is 14.5. The van der Waals surface area contributed by atoms with Gasteiger partial charge in [0.1, 0.15) is 0 Å². The molecule has 1 atom stereocenters. The van der Waals surface area contributed by atoms with Crippen molar-refractivity contribution in [3.05, 3.63) is 20.6 Å². The number of allylic oxidation sites excluding steroid dienone is 4. The predicted molar refractivity (Wildman–Crippen MR) is 168 cm³/mol. The molecule has 0 heterocycles. The van der Waals surface area contributed by atoms with E-state index in [9.17, 15) is 4.79 Å². The zero-order valence-electron chi connectivity index (χ0n) is 27.5. The van der Waals surface area contributed by atoms with Crippen molar-refractivity contribution in [3.63, 3.8) is 0 Å². The van der Waals surface area contributed by atoms with Crippen LogP contribution < -0.4 is 28.6 Å². The average molecular weight is 660 g/mol. The molecule has 5 aliphatic carbocycles. The van der Waals surface area contributed by atoms with Crippen molar-refractivity contribution in [3.8, 4) is 0 Å². The van der Waals surface area contributed by atoms with E-state index in [0.29, 0.717) is 11.8 Å². The van der Waals surface area contributed by atoms with Gasteiger partial charge in [0.25, 0.3) is 0 Å². The van der Waals surface area contributed by atoms with Crippen LogP contribution in [0.1, 0.15) is 150 Å². The molecule has 4 fully saturated rings. The van der Waals surface area contributed by atoms with Gasteiger partial charge in [-0.3, -0.25) is 0 Å². The van der Waals surface area contributed by atoms with Gasteiger partial charge in [0.2, 0.25) is 0 Å². The second-order valence-corrected chi connectivity index (χ2v) is 27.1. The van der Waals surface area contributed by atoms with Crippen molar-refractivity contribution in [1.82, 2.24) is 3.80 Å². The molecule has 0 saturated heterocycles. The number of rotatable bonds is 17. The minimum Gasteiger partial charge on any atom is -1.00 e. The van der Waals surface area contributed by atoms with Crippen LogP contribution in [0.4, 0.5) is 0 Å². The topological polar surface area (TPSA) is 29.1 Å². The number of carbonyl (C=O) groups is 1. The molecule has 0 aromatic heterocycles. The van der Waals surface area contributed by atoms with E-state index in [2.05, 4.69) is 44.6 Å². The Hall–Kier alpha value is 0.461. The number of nitrogens with one attached hydrogen (secondary N) is 1. The third-order valence-electron chi connectivity index (χ3n) is 11.1. The zero-order chi connectivity index (χ0) is 28.0. The minimum atomic E-state index is -1.85. The van der Waals surface area contributed by atoms with Gasteiger partial charge in [-0.1, -0.05) is 0 Å². The monoisotopic (exact) mass is 658 g/mol. The van der Waals surface area contributed by atoms with Crippen LogP contribution >= 0.6 is 0 Å². The Kier molecular flexibility index (Phi) is 16.4. The van der Waals surface area contributed by atoms with Crippen LogP contribution in [0.25, 0.3) is 0 Å². The van der Waals surface area contributed by atoms with Crippen molar-refractivity contribution < 1.29 is 47.0 Å². The molecule has 1 N–H and O–H groups in total. The smallest absolute Gasteiger partial charge is 1.00 e. The Morgan fingerprint density at radius 1 is 0.780 bits per heavy atom. The van der Waals surface area contributed by atoms with Gasteiger partial charge in [-0.15, -0.1) is 0 Å². The number of halogens is 2. The van der Waals surface area contributed by atoms with Gasteiger partial charge in [0, 0.05) is 0 Å². The summed E-state index contributed by atoms with van der Waals surface area (Å²) in [5.74, 6) is 3.66. The Balaban J connectivity index is 0.00000294. The first-order chi connectivity index (χ1) is 18.8. The molecular formula is C35H62Cl2NOSiTi. The van der Waals surface area contributed by atoms with Gasteiger partial charge in [-0.05, 0) is 0 Å². The average Bonchev–Trinajstić information content (AvgIpc) is 3.16. The first-order valence-corrected chi connectivity index (χ1v) is 24.6. The maximum absolute atomic E-state index is 14.3. The Bertz CT molecular complexity index is 865. The van der Waals surface area contributed by atoms with E-state index in [1.807, 2.05) is 3.88 Å². The van der Waals surface area contributed by atoms with E-state index in [1.54, 1.807) is 16.7 Å². The molecule has 1 amide bonds. The molecule has 6 heteroatoms. The van der Waals surface area contributed by atoms with Gasteiger partial charge in [0.15, 0.2) is 0 Å². The number of hydrogen-bond donors (Lipinski definition) is 1. The van der Waals surface area contributed by atoms with Crippen LogP contribution in [-0.4, -0.2) is 12.6 Å². The van der Waals surface area contributed by atoms with Crippen molar-refractivity contribution >= 4 is 12.6 Å². The number of amides is 1. The fourth-order valence-corrected chi connectivity index (χ4v) is 20.0. The van der Waals surface area contributed by atoms with Gasteiger partial charge >= 0.3 is 251 Å². The summed E-state index contributed by atoms with van der Waals surface area (Å²) < 4.78 is 5.85. The van der Waals surface area contributed by atoms with Crippen molar-refractivity contribution in [2.24, 2.45) is 29.1 Å². The van der Waals surface area contributed by atoms with E-state index in [1.165, 1.54) is 122 Å². The largest absolute Gasteiger partial charge is 1.00 e. The second kappa shape index (κ2) is 17.8. The maximum atomic E-state index is 14.3. The first kappa shape index (κ1) is 37.6. The SMILES string of the molecule is CCCCCCCCC1=C(CCCCCC)C(CC)=[C]([Ti+2]([NH]C(=O)C23CC4CC(CC(C4)C2)C3)[SiH](C)C)C1C.[Cl-].[Cl-]. The van der Waals surface area contributed by atoms with Crippen LogP contribution in [0.15, 0.2) is 20.6 Å². The minimum absolute atomic E-state index is 0. The Labute approximate surface area is 274 Å². The van der Waals surface area contributed by atoms with Gasteiger partial charge in [-0.2, -0.15) is 0 Å². The van der Waals surface area contributed by atoms with Crippen LogP contribution in [0, 0.1) is 29.1 Å². The van der Waals surface area contributed by atoms with E-state index in [0.717, 1.165) is 17.8 Å². The Morgan fingerprint density at radius 2 is 1.27 bits per heavy atom. The number of hydrogen-bond acceptors (Lipinski definition) is 1. The number of carbonyl (C=O) groups excluding carboxylic acids is 1. The standard InChI is InChI=1S/C22H39.C11H17NO.C2H7Si.2ClH.Ti/c1-5-8-10-12-13-15-16-21-19(4)18-20(7-3)22(21)17-14-11-9-6-2;12-10(13)11-4-7-1-8(5-11)3-9(2-7)6-11;1-3-2;;;/h19H,5-17H2,1-4H3;7-9H,1-6H2,(H2,12,13);3H,1-2H3;2*1H;/q;;;;;+3/p-3. The molecule has 2 nitrogen and oxygen atoms in total. The zero-order valence-corrected chi connectivity index (χ0v) is 31.7. The molecule has 5 aliphatic rings. The van der Waals surface area contributed by atoms with E-state index in [4.69, 9.17) is 0 Å². The van der Waals surface area contributed by atoms with Crippen LogP contribution in [-0.2, 0) is 22.2 Å². The van der Waals surface area contributed by atoms with E-state index < -0.39 is 24.0 Å². The van der Waals surface area contributed by atoms with Crippen molar-refractivity contribution in [2.75, 3.05) is 0 Å². The summed E-state index contributed by atoms with van der Waals surface area (Å²) in [5.41, 5.74) is 5.32. The summed E-state index contributed by atoms with van der Waals surface area (Å²) >= 11 is -1.85. The summed E-state index contributed by atoms with van der Waals surface area (Å²) in [6, 6.07) is 0. The molecule has 0 aliphatic heterocycles. The molecule has 5 rings (SSSR count). The molecule has 0 radical (unpaired) electrons. The van der Waals surface area contributed by atoms with Crippen LogP contribution in [0.5, 0.6) is 0 Å². The molecule has 0 aromatic rings. The fourth-order valence-electron chi connectivity index (χ4n) is 9.52. The summed E-state index contributed by atoms with van der Waals surface area (Å²) in [4.78, 5) is 14.3. The third kappa shape index (κ3) is 9.02. The number of unbranched alkanes of at least 4 members (excludes halogenated alkanes) is 8. The van der Waals surface area contributed by atoms with Crippen LogP contribution in [0.3, 0.4) is 0 Å². The predicted octanol–water partition coefficient (Wildman–Crippen LogP) is 4.18. The van der Waals surface area contributed by atoms with Gasteiger partial charge < -0.3 is 24.8 Å². The molecule has 0 aromatic carbocycles. The van der Waals surface area contributed by atoms with Crippen molar-refractivity contribution in [1.29, 1.82) is 0 Å². The normalized spacial score (nSPS) is 28.3.